The number of rotatable bonds is 9. The molecule has 1 N–H and O–H groups in total. The summed E-state index contributed by atoms with van der Waals surface area (Å²) in [6.07, 6.45) is -0.482. The van der Waals surface area contributed by atoms with Crippen molar-refractivity contribution < 1.29 is 27.8 Å². The minimum absolute atomic E-state index is 0.0649. The molecule has 0 spiro atoms. The van der Waals surface area contributed by atoms with E-state index >= 15 is 0 Å². The second-order valence-electron chi connectivity index (χ2n) is 8.31. The number of hydrogen-bond donors (Lipinski definition) is 1. The van der Waals surface area contributed by atoms with E-state index in [1.165, 1.54) is 0 Å². The molecule has 0 saturated heterocycles. The van der Waals surface area contributed by atoms with Gasteiger partial charge in [-0.1, -0.05) is 30.3 Å². The number of nitro groups is 2. The molecule has 178 valence electrons. The molecule has 2 aromatic rings. The number of hydrogen-bond acceptors (Lipinski definition) is 8. The standard InChI is InChI=1S/C21H25N3O8S/c1-21(2,3)32-20(25)22-16(13-15-7-5-4-6-8-15)11-12-33(30,31)19-10-9-17(23(26)27)14-18(19)24(28)29/h4-10,14,16H,11-13H2,1-3H3,(H,22,25)/t16-/m1/s1. The molecule has 0 saturated carbocycles. The zero-order valence-corrected chi connectivity index (χ0v) is 19.2. The van der Waals surface area contributed by atoms with Crippen LogP contribution in [0.15, 0.2) is 53.4 Å². The third kappa shape index (κ3) is 7.83. The average molecular weight is 480 g/mol. The molecule has 1 atom stereocenters. The van der Waals surface area contributed by atoms with Crippen molar-refractivity contribution in [2.45, 2.75) is 50.2 Å². The first kappa shape index (κ1) is 25.7. The highest BCUT2D eigenvalue weighted by Crippen LogP contribution is 2.29. The van der Waals surface area contributed by atoms with E-state index in [4.69, 9.17) is 4.74 Å². The second kappa shape index (κ2) is 10.4. The molecule has 0 aliphatic heterocycles. The summed E-state index contributed by atoms with van der Waals surface area (Å²) < 4.78 is 31.0. The molecular formula is C21H25N3O8S. The third-order valence-corrected chi connectivity index (χ3v) is 6.25. The summed E-state index contributed by atoms with van der Waals surface area (Å²) in [5.74, 6) is -0.529. The number of sulfone groups is 1. The SMILES string of the molecule is CC(C)(C)OC(=O)N[C@H](CCS(=O)(=O)c1ccc([N+](=O)[O-])cc1[N+](=O)[O-])Cc1ccccc1. The molecule has 0 aliphatic carbocycles. The summed E-state index contributed by atoms with van der Waals surface area (Å²) >= 11 is 0. The van der Waals surface area contributed by atoms with Crippen molar-refractivity contribution in [1.82, 2.24) is 5.32 Å². The maximum absolute atomic E-state index is 12.9. The molecular weight excluding hydrogens is 454 g/mol. The summed E-state index contributed by atoms with van der Waals surface area (Å²) in [5.41, 5.74) is -1.37. The van der Waals surface area contributed by atoms with Gasteiger partial charge >= 0.3 is 6.09 Å². The van der Waals surface area contributed by atoms with Gasteiger partial charge in [-0.2, -0.15) is 0 Å². The normalized spacial score (nSPS) is 12.6. The lowest BCUT2D eigenvalue weighted by molar-refractivity contribution is -0.396. The zero-order chi connectivity index (χ0) is 24.8. The van der Waals surface area contributed by atoms with Crippen molar-refractivity contribution in [1.29, 1.82) is 0 Å². The maximum Gasteiger partial charge on any atom is 0.407 e. The summed E-state index contributed by atoms with van der Waals surface area (Å²) in [4.78, 5) is 32.1. The molecule has 0 aromatic heterocycles. The van der Waals surface area contributed by atoms with Crippen molar-refractivity contribution >= 4 is 27.3 Å². The molecule has 0 bridgehead atoms. The molecule has 12 heteroatoms. The molecule has 0 aliphatic rings. The number of nitrogens with one attached hydrogen (secondary N) is 1. The summed E-state index contributed by atoms with van der Waals surface area (Å²) in [6.45, 7) is 5.07. The minimum Gasteiger partial charge on any atom is -0.444 e. The third-order valence-electron chi connectivity index (χ3n) is 4.47. The lowest BCUT2D eigenvalue weighted by atomic mass is 10.0. The highest BCUT2D eigenvalue weighted by atomic mass is 32.2. The van der Waals surface area contributed by atoms with Crippen molar-refractivity contribution in [3.63, 3.8) is 0 Å². The van der Waals surface area contributed by atoms with Gasteiger partial charge in [-0.15, -0.1) is 0 Å². The van der Waals surface area contributed by atoms with Gasteiger partial charge in [-0.25, -0.2) is 13.2 Å². The van der Waals surface area contributed by atoms with Crippen LogP contribution in [-0.4, -0.2) is 41.8 Å². The molecule has 0 fully saturated rings. The van der Waals surface area contributed by atoms with E-state index in [2.05, 4.69) is 5.32 Å². The van der Waals surface area contributed by atoms with Crippen molar-refractivity contribution in [3.8, 4) is 0 Å². The fourth-order valence-electron chi connectivity index (χ4n) is 3.03. The number of alkyl carbamates (subject to hydrolysis) is 1. The quantitative estimate of drug-likeness (QED) is 0.420. The number of carbonyl (C=O) groups excluding carboxylic acids is 1. The summed E-state index contributed by atoms with van der Waals surface area (Å²) in [6, 6.07) is 10.8. The number of non-ortho nitro benzene ring substituents is 1. The Labute approximate surface area is 191 Å². The fraction of sp³-hybridized carbons (Fsp3) is 0.381. The smallest absolute Gasteiger partial charge is 0.407 e. The van der Waals surface area contributed by atoms with Crippen LogP contribution in [0.3, 0.4) is 0 Å². The van der Waals surface area contributed by atoms with Crippen LogP contribution in [0.25, 0.3) is 0 Å². The largest absolute Gasteiger partial charge is 0.444 e. The first-order valence-corrected chi connectivity index (χ1v) is 11.6. The van der Waals surface area contributed by atoms with Gasteiger partial charge in [0.05, 0.1) is 21.7 Å². The Morgan fingerprint density at radius 3 is 2.24 bits per heavy atom. The van der Waals surface area contributed by atoms with Gasteiger partial charge in [0.25, 0.3) is 11.4 Å². The number of nitrogens with zero attached hydrogens (tertiary/aromatic N) is 2. The van der Waals surface area contributed by atoms with E-state index in [1.807, 2.05) is 18.2 Å². The predicted molar refractivity (Wildman–Crippen MR) is 120 cm³/mol. The maximum atomic E-state index is 12.9. The first-order chi connectivity index (χ1) is 15.3. The molecule has 2 aromatic carbocycles. The number of nitro benzene ring substituents is 2. The van der Waals surface area contributed by atoms with Crippen LogP contribution in [0.1, 0.15) is 32.8 Å². The van der Waals surface area contributed by atoms with Crippen LogP contribution in [0.4, 0.5) is 16.2 Å². The van der Waals surface area contributed by atoms with Crippen molar-refractivity contribution in [2.75, 3.05) is 5.75 Å². The van der Waals surface area contributed by atoms with Crippen LogP contribution < -0.4 is 5.32 Å². The number of benzene rings is 2. The molecule has 33 heavy (non-hydrogen) atoms. The highest BCUT2D eigenvalue weighted by Gasteiger charge is 2.30. The van der Waals surface area contributed by atoms with Crippen LogP contribution in [0.2, 0.25) is 0 Å². The Bertz CT molecular complexity index is 1130. The van der Waals surface area contributed by atoms with Gasteiger partial charge < -0.3 is 10.1 Å². The highest BCUT2D eigenvalue weighted by molar-refractivity contribution is 7.91. The molecule has 11 nitrogen and oxygen atoms in total. The van der Waals surface area contributed by atoms with Gasteiger partial charge in [0.15, 0.2) is 9.84 Å². The van der Waals surface area contributed by atoms with Crippen LogP contribution in [0.5, 0.6) is 0 Å². The molecule has 0 unspecified atom stereocenters. The van der Waals surface area contributed by atoms with Gasteiger partial charge in [0.2, 0.25) is 0 Å². The van der Waals surface area contributed by atoms with Gasteiger partial charge in [-0.05, 0) is 45.2 Å². The van der Waals surface area contributed by atoms with Crippen LogP contribution in [0, 0.1) is 20.2 Å². The number of ether oxygens (including phenoxy) is 1. The average Bonchev–Trinajstić information content (AvgIpc) is 2.71. The van der Waals surface area contributed by atoms with E-state index in [-0.39, 0.29) is 6.42 Å². The predicted octanol–water partition coefficient (Wildman–Crippen LogP) is 3.80. The summed E-state index contributed by atoms with van der Waals surface area (Å²) in [7, 11) is -4.19. The van der Waals surface area contributed by atoms with Crippen molar-refractivity contribution in [3.05, 3.63) is 74.3 Å². The van der Waals surface area contributed by atoms with E-state index in [0.717, 1.165) is 17.7 Å². The van der Waals surface area contributed by atoms with E-state index in [9.17, 15) is 33.4 Å². The van der Waals surface area contributed by atoms with Crippen LogP contribution in [-0.2, 0) is 21.0 Å². The zero-order valence-electron chi connectivity index (χ0n) is 18.4. The molecule has 0 heterocycles. The van der Waals surface area contributed by atoms with E-state index in [0.29, 0.717) is 12.5 Å². The topological polar surface area (TPSA) is 159 Å². The lowest BCUT2D eigenvalue weighted by Gasteiger charge is -2.24. The summed E-state index contributed by atoms with van der Waals surface area (Å²) in [5, 5.41) is 24.9. The fourth-order valence-corrected chi connectivity index (χ4v) is 4.57. The molecule has 0 radical (unpaired) electrons. The Hall–Kier alpha value is -3.54. The monoisotopic (exact) mass is 479 g/mol. The molecule has 1 amide bonds. The first-order valence-electron chi connectivity index (χ1n) is 9.97. The Morgan fingerprint density at radius 1 is 1.06 bits per heavy atom. The second-order valence-corrected chi connectivity index (χ2v) is 10.4. The van der Waals surface area contributed by atoms with Gasteiger partial charge in [0, 0.05) is 12.1 Å². The Morgan fingerprint density at radius 2 is 1.70 bits per heavy atom. The Balaban J connectivity index is 2.26. The Kier molecular flexibility index (Phi) is 8.09. The van der Waals surface area contributed by atoms with E-state index < -0.39 is 59.4 Å². The minimum atomic E-state index is -4.19. The van der Waals surface area contributed by atoms with Gasteiger partial charge in [-0.3, -0.25) is 20.2 Å². The number of amides is 1. The van der Waals surface area contributed by atoms with Crippen LogP contribution >= 0.6 is 0 Å². The van der Waals surface area contributed by atoms with Gasteiger partial charge in [0.1, 0.15) is 10.5 Å². The number of carbonyl (C=O) groups is 1. The lowest BCUT2D eigenvalue weighted by Crippen LogP contribution is -2.41. The van der Waals surface area contributed by atoms with E-state index in [1.54, 1.807) is 32.9 Å². The molecule has 2 rings (SSSR count). The van der Waals surface area contributed by atoms with Crippen molar-refractivity contribution in [2.24, 2.45) is 0 Å².